The summed E-state index contributed by atoms with van der Waals surface area (Å²) >= 11 is 0. The first kappa shape index (κ1) is 21.3. The zero-order valence-corrected chi connectivity index (χ0v) is 16.4. The average molecular weight is 418 g/mol. The second kappa shape index (κ2) is 8.93. The second-order valence-electron chi connectivity index (χ2n) is 6.89. The molecule has 3 rings (SSSR count). The first-order valence-electron chi connectivity index (χ1n) is 9.31. The van der Waals surface area contributed by atoms with Crippen LogP contribution in [0.2, 0.25) is 0 Å². The molecule has 30 heavy (non-hydrogen) atoms. The third kappa shape index (κ3) is 5.56. The molecular weight excluding hydrogens is 397 g/mol. The molecule has 0 unspecified atom stereocenters. The highest BCUT2D eigenvalue weighted by Gasteiger charge is 2.30. The Morgan fingerprint density at radius 1 is 1.17 bits per heavy atom. The van der Waals surface area contributed by atoms with Crippen LogP contribution in [-0.4, -0.2) is 31.7 Å². The Morgan fingerprint density at radius 2 is 1.90 bits per heavy atom. The number of anilines is 2. The zero-order valence-electron chi connectivity index (χ0n) is 16.4. The lowest BCUT2D eigenvalue weighted by Gasteiger charge is -2.09. The summed E-state index contributed by atoms with van der Waals surface area (Å²) in [5.41, 5.74) is 0.159. The molecule has 2 N–H and O–H groups in total. The molecular formula is C20H21F3N6O. The molecule has 0 spiro atoms. The lowest BCUT2D eigenvalue weighted by molar-refractivity contribution is -0.137. The van der Waals surface area contributed by atoms with Gasteiger partial charge in [0.1, 0.15) is 0 Å². The van der Waals surface area contributed by atoms with Gasteiger partial charge in [-0.3, -0.25) is 9.78 Å². The van der Waals surface area contributed by atoms with E-state index in [9.17, 15) is 18.0 Å². The monoisotopic (exact) mass is 418 g/mol. The molecule has 1 aromatic carbocycles. The molecule has 0 aliphatic heterocycles. The fourth-order valence-corrected chi connectivity index (χ4v) is 2.77. The topological polar surface area (TPSA) is 84.7 Å². The van der Waals surface area contributed by atoms with Crippen LogP contribution in [-0.2, 0) is 17.5 Å². The van der Waals surface area contributed by atoms with Crippen molar-refractivity contribution in [1.82, 2.24) is 25.1 Å². The van der Waals surface area contributed by atoms with E-state index in [4.69, 9.17) is 0 Å². The summed E-state index contributed by atoms with van der Waals surface area (Å²) in [6.07, 6.45) is -1.07. The van der Waals surface area contributed by atoms with Crippen molar-refractivity contribution in [3.63, 3.8) is 0 Å². The van der Waals surface area contributed by atoms with Gasteiger partial charge in [-0.05, 0) is 44.2 Å². The van der Waals surface area contributed by atoms with Crippen molar-refractivity contribution >= 4 is 17.5 Å². The molecule has 0 saturated carbocycles. The highest BCUT2D eigenvalue weighted by atomic mass is 19.4. The number of pyridine rings is 1. The van der Waals surface area contributed by atoms with Crippen LogP contribution in [0.3, 0.4) is 0 Å². The van der Waals surface area contributed by atoms with Crippen molar-refractivity contribution < 1.29 is 18.0 Å². The SMILES string of the molecule is CC(C)NC(=O)CCn1nc(Nc2cccc(C(F)(F)F)c2)nc1-c1ccncc1. The Morgan fingerprint density at radius 3 is 2.57 bits per heavy atom. The molecule has 7 nitrogen and oxygen atoms in total. The lowest BCUT2D eigenvalue weighted by Crippen LogP contribution is -2.30. The number of benzene rings is 1. The number of carbonyl (C=O) groups is 1. The van der Waals surface area contributed by atoms with Gasteiger partial charge in [0.25, 0.3) is 0 Å². The van der Waals surface area contributed by atoms with Crippen LogP contribution in [0.5, 0.6) is 0 Å². The van der Waals surface area contributed by atoms with Gasteiger partial charge in [0.2, 0.25) is 11.9 Å². The van der Waals surface area contributed by atoms with Gasteiger partial charge in [-0.25, -0.2) is 4.68 Å². The van der Waals surface area contributed by atoms with E-state index in [-0.39, 0.29) is 36.6 Å². The van der Waals surface area contributed by atoms with E-state index in [0.29, 0.717) is 5.82 Å². The van der Waals surface area contributed by atoms with Crippen molar-refractivity contribution in [1.29, 1.82) is 0 Å². The molecule has 0 radical (unpaired) electrons. The van der Waals surface area contributed by atoms with Gasteiger partial charge >= 0.3 is 6.18 Å². The number of carbonyl (C=O) groups excluding carboxylic acids is 1. The molecule has 0 aliphatic carbocycles. The quantitative estimate of drug-likeness (QED) is 0.606. The molecule has 158 valence electrons. The van der Waals surface area contributed by atoms with Crippen LogP contribution in [0.15, 0.2) is 48.8 Å². The maximum atomic E-state index is 13.0. The van der Waals surface area contributed by atoms with Gasteiger partial charge in [-0.1, -0.05) is 6.07 Å². The summed E-state index contributed by atoms with van der Waals surface area (Å²) < 4.78 is 40.4. The van der Waals surface area contributed by atoms with E-state index in [1.165, 1.54) is 12.1 Å². The molecule has 0 aliphatic rings. The number of hydrogen-bond acceptors (Lipinski definition) is 5. The lowest BCUT2D eigenvalue weighted by atomic mass is 10.2. The number of aryl methyl sites for hydroxylation is 1. The maximum absolute atomic E-state index is 13.0. The summed E-state index contributed by atoms with van der Waals surface area (Å²) in [6, 6.07) is 8.29. The molecule has 2 heterocycles. The van der Waals surface area contributed by atoms with E-state index in [2.05, 4.69) is 25.7 Å². The third-order valence-corrected chi connectivity index (χ3v) is 4.06. The predicted octanol–water partition coefficient (Wildman–Crippen LogP) is 4.02. The van der Waals surface area contributed by atoms with Gasteiger partial charge in [0.05, 0.1) is 12.1 Å². The number of alkyl halides is 3. The highest BCUT2D eigenvalue weighted by molar-refractivity contribution is 5.76. The van der Waals surface area contributed by atoms with Gasteiger partial charge in [-0.15, -0.1) is 5.10 Å². The van der Waals surface area contributed by atoms with Crippen molar-refractivity contribution in [2.75, 3.05) is 5.32 Å². The van der Waals surface area contributed by atoms with Crippen LogP contribution in [0.25, 0.3) is 11.4 Å². The van der Waals surface area contributed by atoms with Crippen molar-refractivity contribution in [3.05, 3.63) is 54.4 Å². The second-order valence-corrected chi connectivity index (χ2v) is 6.89. The Kier molecular flexibility index (Phi) is 6.34. The van der Waals surface area contributed by atoms with Crippen molar-refractivity contribution in [2.45, 2.75) is 39.0 Å². The maximum Gasteiger partial charge on any atom is 0.416 e. The first-order chi connectivity index (χ1) is 14.2. The number of halogens is 3. The molecule has 0 atom stereocenters. The predicted molar refractivity (Wildman–Crippen MR) is 106 cm³/mol. The average Bonchev–Trinajstić information content (AvgIpc) is 3.09. The van der Waals surface area contributed by atoms with Gasteiger partial charge < -0.3 is 10.6 Å². The van der Waals surface area contributed by atoms with Crippen LogP contribution in [0, 0.1) is 0 Å². The zero-order chi connectivity index (χ0) is 21.7. The van der Waals surface area contributed by atoms with Gasteiger partial charge in [-0.2, -0.15) is 18.2 Å². The molecule has 10 heteroatoms. The third-order valence-electron chi connectivity index (χ3n) is 4.06. The minimum atomic E-state index is -4.45. The Hall–Kier alpha value is -3.43. The van der Waals surface area contributed by atoms with Crippen LogP contribution in [0.1, 0.15) is 25.8 Å². The Labute approximate surface area is 171 Å². The molecule has 2 aromatic heterocycles. The smallest absolute Gasteiger partial charge is 0.354 e. The summed E-state index contributed by atoms with van der Waals surface area (Å²) in [4.78, 5) is 20.4. The summed E-state index contributed by atoms with van der Waals surface area (Å²) in [7, 11) is 0. The fourth-order valence-electron chi connectivity index (χ4n) is 2.77. The minimum Gasteiger partial charge on any atom is -0.354 e. The Bertz CT molecular complexity index is 1000. The molecule has 0 fully saturated rings. The van der Waals surface area contributed by atoms with Gasteiger partial charge in [0.15, 0.2) is 5.82 Å². The van der Waals surface area contributed by atoms with E-state index in [1.807, 2.05) is 13.8 Å². The number of hydrogen-bond donors (Lipinski definition) is 2. The number of nitrogens with one attached hydrogen (secondary N) is 2. The van der Waals surface area contributed by atoms with E-state index >= 15 is 0 Å². The van der Waals surface area contributed by atoms with Crippen LogP contribution >= 0.6 is 0 Å². The normalized spacial score (nSPS) is 11.5. The van der Waals surface area contributed by atoms with Crippen molar-refractivity contribution in [2.24, 2.45) is 0 Å². The summed E-state index contributed by atoms with van der Waals surface area (Å²) in [6.45, 7) is 3.99. The largest absolute Gasteiger partial charge is 0.416 e. The summed E-state index contributed by atoms with van der Waals surface area (Å²) in [5.74, 6) is 0.475. The van der Waals surface area contributed by atoms with Gasteiger partial charge in [0, 0.05) is 36.1 Å². The van der Waals surface area contributed by atoms with Crippen LogP contribution in [0.4, 0.5) is 24.8 Å². The fraction of sp³-hybridized carbons (Fsp3) is 0.300. The standard InChI is InChI=1S/C20H21F3N6O/c1-13(2)25-17(30)8-11-29-18(14-6-9-24-10-7-14)27-19(28-29)26-16-5-3-4-15(12-16)20(21,22)23/h3-7,9-10,12-13H,8,11H2,1-2H3,(H,25,30)(H,26,28). The number of rotatable bonds is 7. The molecule has 3 aromatic rings. The minimum absolute atomic E-state index is 0.0195. The van der Waals surface area contributed by atoms with Crippen molar-refractivity contribution in [3.8, 4) is 11.4 Å². The van der Waals surface area contributed by atoms with E-state index < -0.39 is 11.7 Å². The summed E-state index contributed by atoms with van der Waals surface area (Å²) in [5, 5.41) is 9.95. The molecule has 0 bridgehead atoms. The van der Waals surface area contributed by atoms with Crippen LogP contribution < -0.4 is 10.6 Å². The number of amides is 1. The molecule has 0 saturated heterocycles. The highest BCUT2D eigenvalue weighted by Crippen LogP contribution is 2.31. The Balaban J connectivity index is 1.85. The molecule has 1 amide bonds. The van der Waals surface area contributed by atoms with E-state index in [1.54, 1.807) is 29.2 Å². The van der Waals surface area contributed by atoms with E-state index in [0.717, 1.165) is 17.7 Å². The first-order valence-corrected chi connectivity index (χ1v) is 9.31. The number of nitrogens with zero attached hydrogens (tertiary/aromatic N) is 4. The number of aromatic nitrogens is 4.